The minimum Gasteiger partial charge on any atom is -0.549 e. The highest BCUT2D eigenvalue weighted by Gasteiger charge is 2.24. The number of halogens is 1. The molecule has 90 valence electrons. The topological polar surface area (TPSA) is 123 Å². The van der Waals surface area contributed by atoms with Crippen LogP contribution in [-0.4, -0.2) is 16.9 Å². The van der Waals surface area contributed by atoms with E-state index in [1.165, 1.54) is 0 Å². The first-order valence-electron chi connectivity index (χ1n) is 4.20. The molecule has 0 heterocycles. The van der Waals surface area contributed by atoms with Gasteiger partial charge in [-0.1, -0.05) is 0 Å². The number of benzene rings is 1. The molecular formula is C9H4FNO6-2. The molecule has 0 bridgehead atoms. The van der Waals surface area contributed by atoms with E-state index in [4.69, 9.17) is 0 Å². The zero-order chi connectivity index (χ0) is 13.2. The Balaban J connectivity index is 3.43. The van der Waals surface area contributed by atoms with Crippen molar-refractivity contribution in [3.05, 3.63) is 39.7 Å². The van der Waals surface area contributed by atoms with E-state index in [9.17, 15) is 34.3 Å². The lowest BCUT2D eigenvalue weighted by molar-refractivity contribution is -0.386. The standard InChI is InChI=1S/C9H6FNO6/c10-4-1-2-5(6(3-4)11(16)17)7(8(12)13)9(14)15/h1-3,7H,(H,12,13)(H,14,15)/p-2. The molecular weight excluding hydrogens is 237 g/mol. The van der Waals surface area contributed by atoms with Gasteiger partial charge in [-0.3, -0.25) is 10.1 Å². The maximum atomic E-state index is 12.7. The zero-order valence-corrected chi connectivity index (χ0v) is 8.08. The van der Waals surface area contributed by atoms with Crippen molar-refractivity contribution in [1.82, 2.24) is 0 Å². The van der Waals surface area contributed by atoms with Gasteiger partial charge in [0.25, 0.3) is 5.69 Å². The highest BCUT2D eigenvalue weighted by atomic mass is 19.1. The first-order valence-corrected chi connectivity index (χ1v) is 4.20. The van der Waals surface area contributed by atoms with Crippen molar-refractivity contribution in [1.29, 1.82) is 0 Å². The van der Waals surface area contributed by atoms with Crippen LogP contribution in [0.25, 0.3) is 0 Å². The molecule has 1 aromatic carbocycles. The highest BCUT2D eigenvalue weighted by Crippen LogP contribution is 2.27. The van der Waals surface area contributed by atoms with Crippen LogP contribution in [0.1, 0.15) is 11.5 Å². The van der Waals surface area contributed by atoms with Crippen molar-refractivity contribution in [3.63, 3.8) is 0 Å². The molecule has 1 rings (SSSR count). The molecule has 1 aromatic rings. The van der Waals surface area contributed by atoms with Crippen molar-refractivity contribution < 1.29 is 29.1 Å². The number of nitro benzene ring substituents is 1. The van der Waals surface area contributed by atoms with E-state index in [0.717, 1.165) is 0 Å². The summed E-state index contributed by atoms with van der Waals surface area (Å²) in [5.74, 6) is -7.45. The van der Waals surface area contributed by atoms with Gasteiger partial charge in [0.05, 0.1) is 28.8 Å². The van der Waals surface area contributed by atoms with Gasteiger partial charge in [-0.2, -0.15) is 0 Å². The van der Waals surface area contributed by atoms with E-state index in [0.29, 0.717) is 18.2 Å². The Morgan fingerprint density at radius 3 is 2.18 bits per heavy atom. The fraction of sp³-hybridized carbons (Fsp3) is 0.111. The van der Waals surface area contributed by atoms with Gasteiger partial charge in [0.1, 0.15) is 5.82 Å². The predicted octanol–water partition coefficient (Wildman–Crippen LogP) is -1.68. The number of nitro groups is 1. The molecule has 0 aromatic heterocycles. The molecule has 0 fully saturated rings. The monoisotopic (exact) mass is 241 g/mol. The quantitative estimate of drug-likeness (QED) is 0.352. The van der Waals surface area contributed by atoms with Gasteiger partial charge in [0.15, 0.2) is 0 Å². The first-order chi connectivity index (χ1) is 7.84. The number of carboxylic acids is 2. The fourth-order valence-corrected chi connectivity index (χ4v) is 1.27. The number of carbonyl (C=O) groups excluding carboxylic acids is 2. The molecule has 0 radical (unpaired) electrons. The molecule has 8 heteroatoms. The Hall–Kier alpha value is -2.51. The van der Waals surface area contributed by atoms with E-state index < -0.39 is 39.8 Å². The summed E-state index contributed by atoms with van der Waals surface area (Å²) in [5.41, 5.74) is -1.65. The molecule has 0 aliphatic rings. The average molecular weight is 241 g/mol. The van der Waals surface area contributed by atoms with E-state index in [1.807, 2.05) is 0 Å². The Morgan fingerprint density at radius 1 is 1.24 bits per heavy atom. The predicted molar refractivity (Wildman–Crippen MR) is 45.8 cm³/mol. The average Bonchev–Trinajstić information content (AvgIpc) is 2.19. The summed E-state index contributed by atoms with van der Waals surface area (Å²) in [6.07, 6.45) is 0. The van der Waals surface area contributed by atoms with Crippen molar-refractivity contribution in [2.24, 2.45) is 0 Å². The second kappa shape index (κ2) is 4.56. The number of hydrogen-bond donors (Lipinski definition) is 0. The maximum Gasteiger partial charge on any atom is 0.276 e. The van der Waals surface area contributed by atoms with Crippen LogP contribution in [0.5, 0.6) is 0 Å². The second-order valence-corrected chi connectivity index (χ2v) is 3.03. The lowest BCUT2D eigenvalue weighted by Crippen LogP contribution is -2.41. The normalized spacial score (nSPS) is 10.2. The number of carbonyl (C=O) groups is 2. The van der Waals surface area contributed by atoms with Gasteiger partial charge < -0.3 is 19.8 Å². The van der Waals surface area contributed by atoms with E-state index in [-0.39, 0.29) is 0 Å². The Kier molecular flexibility index (Phi) is 3.37. The molecule has 0 amide bonds. The molecule has 0 unspecified atom stereocenters. The molecule has 0 aliphatic heterocycles. The van der Waals surface area contributed by atoms with Crippen LogP contribution in [0, 0.1) is 15.9 Å². The van der Waals surface area contributed by atoms with Crippen LogP contribution in [0.2, 0.25) is 0 Å². The number of hydrogen-bond acceptors (Lipinski definition) is 6. The largest absolute Gasteiger partial charge is 0.549 e. The number of carboxylic acid groups (broad SMARTS) is 2. The van der Waals surface area contributed by atoms with Crippen molar-refractivity contribution in [2.45, 2.75) is 5.92 Å². The minimum absolute atomic E-state index is 0.425. The Labute approximate surface area is 93.3 Å². The van der Waals surface area contributed by atoms with Crippen LogP contribution >= 0.6 is 0 Å². The van der Waals surface area contributed by atoms with Gasteiger partial charge in [0.2, 0.25) is 0 Å². The molecule has 0 aliphatic carbocycles. The summed E-state index contributed by atoms with van der Waals surface area (Å²) in [6, 6.07) is 1.83. The molecule has 7 nitrogen and oxygen atoms in total. The van der Waals surface area contributed by atoms with Crippen molar-refractivity contribution in [3.8, 4) is 0 Å². The Morgan fingerprint density at radius 2 is 1.76 bits per heavy atom. The summed E-state index contributed by atoms with van der Waals surface area (Å²) < 4.78 is 12.7. The van der Waals surface area contributed by atoms with Crippen molar-refractivity contribution >= 4 is 17.6 Å². The van der Waals surface area contributed by atoms with Crippen LogP contribution in [0.15, 0.2) is 18.2 Å². The summed E-state index contributed by atoms with van der Waals surface area (Å²) in [7, 11) is 0. The van der Waals surface area contributed by atoms with Crippen LogP contribution in [-0.2, 0) is 9.59 Å². The summed E-state index contributed by atoms with van der Waals surface area (Å²) >= 11 is 0. The lowest BCUT2D eigenvalue weighted by atomic mass is 9.97. The second-order valence-electron chi connectivity index (χ2n) is 3.03. The number of aliphatic carboxylic acids is 2. The van der Waals surface area contributed by atoms with E-state index >= 15 is 0 Å². The summed E-state index contributed by atoms with van der Waals surface area (Å²) in [5, 5.41) is 31.6. The number of rotatable bonds is 4. The van der Waals surface area contributed by atoms with E-state index in [1.54, 1.807) is 0 Å². The fourth-order valence-electron chi connectivity index (χ4n) is 1.27. The van der Waals surface area contributed by atoms with Crippen LogP contribution in [0.4, 0.5) is 10.1 Å². The molecule has 0 saturated carbocycles. The summed E-state index contributed by atoms with van der Waals surface area (Å²) in [6.45, 7) is 0. The molecule has 0 atom stereocenters. The molecule has 0 saturated heterocycles. The zero-order valence-electron chi connectivity index (χ0n) is 8.08. The number of nitrogens with zero attached hydrogens (tertiary/aromatic N) is 1. The summed E-state index contributed by atoms with van der Waals surface area (Å²) in [4.78, 5) is 30.6. The third kappa shape index (κ3) is 2.54. The smallest absolute Gasteiger partial charge is 0.276 e. The van der Waals surface area contributed by atoms with Gasteiger partial charge in [-0.25, -0.2) is 4.39 Å². The van der Waals surface area contributed by atoms with Gasteiger partial charge in [-0.05, 0) is 12.1 Å². The minimum atomic E-state index is -2.32. The molecule has 17 heavy (non-hydrogen) atoms. The lowest BCUT2D eigenvalue weighted by Gasteiger charge is -2.19. The van der Waals surface area contributed by atoms with Crippen LogP contribution in [0.3, 0.4) is 0 Å². The van der Waals surface area contributed by atoms with E-state index in [2.05, 4.69) is 0 Å². The maximum absolute atomic E-state index is 12.7. The highest BCUT2D eigenvalue weighted by molar-refractivity contribution is 5.98. The third-order valence-corrected chi connectivity index (χ3v) is 1.97. The van der Waals surface area contributed by atoms with Gasteiger partial charge in [-0.15, -0.1) is 0 Å². The van der Waals surface area contributed by atoms with Crippen LogP contribution < -0.4 is 10.2 Å². The molecule has 0 N–H and O–H groups in total. The first kappa shape index (κ1) is 12.6. The molecule has 0 spiro atoms. The Bertz CT molecular complexity index is 486. The third-order valence-electron chi connectivity index (χ3n) is 1.97. The van der Waals surface area contributed by atoms with Crippen molar-refractivity contribution in [2.75, 3.05) is 0 Å². The van der Waals surface area contributed by atoms with Gasteiger partial charge >= 0.3 is 0 Å². The van der Waals surface area contributed by atoms with Gasteiger partial charge in [0, 0.05) is 5.56 Å². The SMILES string of the molecule is O=C([O-])C(C(=O)[O-])c1ccc(F)cc1[N+](=O)[O-].